The zero-order valence-electron chi connectivity index (χ0n) is 26.1. The first-order valence-electron chi connectivity index (χ1n) is 16.4. The third-order valence-electron chi connectivity index (χ3n) is 9.78. The molecule has 0 N–H and O–H groups in total. The number of anilines is 3. The van der Waals surface area contributed by atoms with Crippen LogP contribution >= 0.6 is 0 Å². The Morgan fingerprint density at radius 3 is 1.83 bits per heavy atom. The first kappa shape index (κ1) is 26.8. The number of nitrogens with zero attached hydrogens (tertiary/aromatic N) is 1. The van der Waals surface area contributed by atoms with Gasteiger partial charge >= 0.3 is 0 Å². The van der Waals surface area contributed by atoms with Crippen LogP contribution in [0.1, 0.15) is 0 Å². The Bertz CT molecular complexity index is 2850. The Kier molecular flexibility index (Phi) is 5.91. The summed E-state index contributed by atoms with van der Waals surface area (Å²) in [5, 5.41) is 12.4. The van der Waals surface area contributed by atoms with E-state index in [0.29, 0.717) is 0 Å². The summed E-state index contributed by atoms with van der Waals surface area (Å²) in [5.74, 6) is 0. The normalized spacial score (nSPS) is 11.8. The van der Waals surface area contributed by atoms with E-state index < -0.39 is 0 Å². The van der Waals surface area contributed by atoms with Gasteiger partial charge in [-0.1, -0.05) is 127 Å². The molecule has 0 amide bonds. The van der Waals surface area contributed by atoms with Gasteiger partial charge in [0.2, 0.25) is 0 Å². The van der Waals surface area contributed by atoms with Gasteiger partial charge in [-0.05, 0) is 97.4 Å². The van der Waals surface area contributed by atoms with E-state index >= 15 is 0 Å². The van der Waals surface area contributed by atoms with E-state index in [-0.39, 0.29) is 0 Å². The van der Waals surface area contributed by atoms with E-state index in [1.54, 1.807) is 0 Å². The molecular weight excluding hydrogens is 583 g/mol. The van der Waals surface area contributed by atoms with Gasteiger partial charge in [0.15, 0.2) is 0 Å². The van der Waals surface area contributed by atoms with E-state index in [1.165, 1.54) is 43.1 Å². The van der Waals surface area contributed by atoms with Gasteiger partial charge in [-0.15, -0.1) is 0 Å². The van der Waals surface area contributed by atoms with Crippen LogP contribution < -0.4 is 4.90 Å². The van der Waals surface area contributed by atoms with Crippen molar-refractivity contribution in [2.45, 2.75) is 0 Å². The van der Waals surface area contributed by atoms with Gasteiger partial charge < -0.3 is 9.32 Å². The molecule has 0 fully saturated rings. The van der Waals surface area contributed by atoms with Crippen molar-refractivity contribution in [2.75, 3.05) is 4.90 Å². The minimum absolute atomic E-state index is 0.902. The van der Waals surface area contributed by atoms with Crippen molar-refractivity contribution in [3.05, 3.63) is 176 Å². The van der Waals surface area contributed by atoms with Gasteiger partial charge in [0.05, 0.1) is 5.69 Å². The molecule has 0 saturated carbocycles. The second kappa shape index (κ2) is 10.6. The second-order valence-corrected chi connectivity index (χ2v) is 12.5. The number of rotatable bonds is 4. The quantitative estimate of drug-likeness (QED) is 0.184. The molecule has 10 rings (SSSR count). The maximum atomic E-state index is 6.27. The highest BCUT2D eigenvalue weighted by Crippen LogP contribution is 2.45. The summed E-state index contributed by atoms with van der Waals surface area (Å²) in [6.45, 7) is 0. The Balaban J connectivity index is 1.21. The van der Waals surface area contributed by atoms with E-state index in [1.807, 2.05) is 12.1 Å². The van der Waals surface area contributed by atoms with Crippen molar-refractivity contribution < 1.29 is 4.42 Å². The monoisotopic (exact) mass is 611 g/mol. The topological polar surface area (TPSA) is 16.4 Å². The summed E-state index contributed by atoms with van der Waals surface area (Å²) in [5.41, 5.74) is 7.43. The molecule has 0 saturated heterocycles. The van der Waals surface area contributed by atoms with Gasteiger partial charge in [0, 0.05) is 27.5 Å². The Morgan fingerprint density at radius 2 is 0.958 bits per heavy atom. The van der Waals surface area contributed by atoms with Gasteiger partial charge in [-0.3, -0.25) is 0 Å². The van der Waals surface area contributed by atoms with Gasteiger partial charge in [0.25, 0.3) is 0 Å². The van der Waals surface area contributed by atoms with Crippen LogP contribution in [0.25, 0.3) is 76.2 Å². The molecule has 10 aromatic rings. The Morgan fingerprint density at radius 1 is 0.333 bits per heavy atom. The molecule has 0 bridgehead atoms. The van der Waals surface area contributed by atoms with Crippen LogP contribution in [-0.2, 0) is 0 Å². The number of hydrogen-bond acceptors (Lipinski definition) is 2. The zero-order chi connectivity index (χ0) is 31.6. The molecule has 0 aliphatic rings. The van der Waals surface area contributed by atoms with E-state index in [9.17, 15) is 0 Å². The highest BCUT2D eigenvalue weighted by Gasteiger charge is 2.19. The zero-order valence-corrected chi connectivity index (χ0v) is 26.1. The van der Waals surface area contributed by atoms with Gasteiger partial charge in [0.1, 0.15) is 11.2 Å². The van der Waals surface area contributed by atoms with Crippen molar-refractivity contribution in [3.8, 4) is 11.1 Å². The molecule has 0 spiro atoms. The first-order chi connectivity index (χ1) is 23.8. The van der Waals surface area contributed by atoms with Gasteiger partial charge in [-0.2, -0.15) is 0 Å². The SMILES string of the molecule is c1ccc(N(c2cccc(-c3ccc4c(c3)oc3ccccc34)c2)c2cc3ccc4ccc5ccccc5c4c3c3ccccc23)cc1. The largest absolute Gasteiger partial charge is 0.456 e. The molecule has 0 aliphatic heterocycles. The van der Waals surface area contributed by atoms with E-state index in [2.05, 4.69) is 169 Å². The van der Waals surface area contributed by atoms with Gasteiger partial charge in [-0.25, -0.2) is 0 Å². The third kappa shape index (κ3) is 4.13. The maximum Gasteiger partial charge on any atom is 0.136 e. The number of para-hydroxylation sites is 2. The van der Waals surface area contributed by atoms with Crippen molar-refractivity contribution in [1.82, 2.24) is 0 Å². The fraction of sp³-hybridized carbons (Fsp3) is 0. The number of hydrogen-bond donors (Lipinski definition) is 0. The van der Waals surface area contributed by atoms with Crippen LogP contribution in [0.3, 0.4) is 0 Å². The van der Waals surface area contributed by atoms with Crippen molar-refractivity contribution in [2.24, 2.45) is 0 Å². The summed E-state index contributed by atoms with van der Waals surface area (Å²) in [6.07, 6.45) is 0. The van der Waals surface area contributed by atoms with E-state index in [4.69, 9.17) is 4.42 Å². The highest BCUT2D eigenvalue weighted by atomic mass is 16.3. The maximum absolute atomic E-state index is 6.27. The minimum Gasteiger partial charge on any atom is -0.456 e. The molecule has 1 aromatic heterocycles. The van der Waals surface area contributed by atoms with Crippen molar-refractivity contribution >= 4 is 82.1 Å². The van der Waals surface area contributed by atoms with Crippen molar-refractivity contribution in [3.63, 3.8) is 0 Å². The number of benzene rings is 9. The number of fused-ring (bicyclic) bond motifs is 10. The molecular formula is C46H29NO. The molecule has 1 heterocycles. The van der Waals surface area contributed by atoms with Crippen LogP contribution in [0, 0.1) is 0 Å². The highest BCUT2D eigenvalue weighted by molar-refractivity contribution is 6.29. The predicted octanol–water partition coefficient (Wildman–Crippen LogP) is 13.3. The average Bonchev–Trinajstić information content (AvgIpc) is 3.53. The summed E-state index contributed by atoms with van der Waals surface area (Å²) < 4.78 is 6.27. The molecule has 224 valence electrons. The van der Waals surface area contributed by atoms with Crippen molar-refractivity contribution in [1.29, 1.82) is 0 Å². The fourth-order valence-electron chi connectivity index (χ4n) is 7.59. The van der Waals surface area contributed by atoms with Crippen LogP contribution in [-0.4, -0.2) is 0 Å². The Labute approximate surface area is 277 Å². The molecule has 0 unspecified atom stereocenters. The van der Waals surface area contributed by atoms with Crippen LogP contribution in [0.5, 0.6) is 0 Å². The fourth-order valence-corrected chi connectivity index (χ4v) is 7.59. The third-order valence-corrected chi connectivity index (χ3v) is 9.78. The molecule has 0 atom stereocenters. The molecule has 0 radical (unpaired) electrons. The molecule has 48 heavy (non-hydrogen) atoms. The van der Waals surface area contributed by atoms with Crippen LogP contribution in [0.15, 0.2) is 180 Å². The first-order valence-corrected chi connectivity index (χ1v) is 16.4. The lowest BCUT2D eigenvalue weighted by atomic mass is 9.92. The standard InChI is InChI=1S/C46H29NO/c1-2-13-35(14-3-1)47(36-15-10-12-32(27-36)33-25-26-40-39-18-8-9-20-43(39)48-44(40)29-33)42-28-34-24-23-31-22-21-30-11-4-5-16-37(30)45(31)46(34)41-19-7-6-17-38(41)42/h1-29H. The van der Waals surface area contributed by atoms with Crippen LogP contribution in [0.2, 0.25) is 0 Å². The second-order valence-electron chi connectivity index (χ2n) is 12.5. The smallest absolute Gasteiger partial charge is 0.136 e. The molecule has 9 aromatic carbocycles. The lowest BCUT2D eigenvalue weighted by molar-refractivity contribution is 0.669. The number of furan rings is 1. The summed E-state index contributed by atoms with van der Waals surface area (Å²) in [4.78, 5) is 2.40. The summed E-state index contributed by atoms with van der Waals surface area (Å²) in [7, 11) is 0. The van der Waals surface area contributed by atoms with E-state index in [0.717, 1.165) is 50.1 Å². The minimum atomic E-state index is 0.902. The lowest BCUT2D eigenvalue weighted by Crippen LogP contribution is -2.10. The van der Waals surface area contributed by atoms with Crippen LogP contribution in [0.4, 0.5) is 17.1 Å². The molecule has 2 heteroatoms. The molecule has 0 aliphatic carbocycles. The average molecular weight is 612 g/mol. The summed E-state index contributed by atoms with van der Waals surface area (Å²) >= 11 is 0. The Hall–Kier alpha value is -6.38. The molecule has 2 nitrogen and oxygen atoms in total. The predicted molar refractivity (Wildman–Crippen MR) is 204 cm³/mol. The lowest BCUT2D eigenvalue weighted by Gasteiger charge is -2.28. The summed E-state index contributed by atoms with van der Waals surface area (Å²) in [6, 6.07) is 63.4.